The van der Waals surface area contributed by atoms with Gasteiger partial charge < -0.3 is 10.4 Å². The van der Waals surface area contributed by atoms with Gasteiger partial charge in [-0.2, -0.15) is 5.48 Å². The van der Waals surface area contributed by atoms with Crippen LogP contribution in [0.15, 0.2) is 17.1 Å². The maximum absolute atomic E-state index is 13.4. The van der Waals surface area contributed by atoms with Gasteiger partial charge in [0.15, 0.2) is 29.5 Å². The molecule has 3 rings (SSSR count). The monoisotopic (exact) mass is 415 g/mol. The number of carbonyl (C=O) groups excluding carboxylic acids is 1. The van der Waals surface area contributed by atoms with Crippen molar-refractivity contribution in [3.63, 3.8) is 0 Å². The fourth-order valence-corrected chi connectivity index (χ4v) is 3.16. The number of hydrogen-bond donors (Lipinski definition) is 5. The summed E-state index contributed by atoms with van der Waals surface area (Å²) in [5.74, 6) is -4.57. The van der Waals surface area contributed by atoms with E-state index in [1.165, 1.54) is 0 Å². The molecule has 1 amide bonds. The van der Waals surface area contributed by atoms with Gasteiger partial charge in [-0.15, -0.1) is 0 Å². The van der Waals surface area contributed by atoms with Crippen LogP contribution in [0.4, 0.5) is 13.2 Å². The van der Waals surface area contributed by atoms with E-state index in [4.69, 9.17) is 4.84 Å². The summed E-state index contributed by atoms with van der Waals surface area (Å²) >= 11 is 0. The number of nitrogens with zero attached hydrogens (tertiary/aromatic N) is 1. The molecule has 8 nitrogen and oxygen atoms in total. The fourth-order valence-electron chi connectivity index (χ4n) is 3.16. The Hall–Kier alpha value is -2.21. The molecule has 2 fully saturated rings. The third kappa shape index (κ3) is 5.89. The van der Waals surface area contributed by atoms with Gasteiger partial charge in [-0.3, -0.25) is 20.3 Å². The number of amides is 1. The van der Waals surface area contributed by atoms with Crippen LogP contribution in [0.1, 0.15) is 38.2 Å². The zero-order valence-corrected chi connectivity index (χ0v) is 15.8. The molecule has 0 saturated carbocycles. The Morgan fingerprint density at radius 1 is 1.31 bits per heavy atom. The summed E-state index contributed by atoms with van der Waals surface area (Å²) in [5, 5.41) is 18.2. The Morgan fingerprint density at radius 3 is 2.66 bits per heavy atom. The summed E-state index contributed by atoms with van der Waals surface area (Å²) in [5.41, 5.74) is 2.80. The number of guanidine groups is 1. The predicted octanol–water partition coefficient (Wildman–Crippen LogP) is 0.766. The van der Waals surface area contributed by atoms with Gasteiger partial charge in [0.25, 0.3) is 5.91 Å². The Kier molecular flexibility index (Phi) is 7.06. The van der Waals surface area contributed by atoms with Crippen LogP contribution in [0, 0.1) is 17.5 Å². The molecule has 0 bridgehead atoms. The molecule has 0 aliphatic carbocycles. The third-order valence-electron chi connectivity index (χ3n) is 4.65. The highest BCUT2D eigenvalue weighted by Gasteiger charge is 2.30. The standard InChI is InChI=1S/C18H24F3N5O3/c1-9-5-13(29-26-9)17(28)25-18(24-14-3-2-4-15(27)23-14)22-8-10-6-11(19)16(21)12(20)7-10/h6-7,9,13-15,23,26-27H,2-5,8H2,1H3,(H2,22,24,25,28). The van der Waals surface area contributed by atoms with E-state index in [1.807, 2.05) is 6.92 Å². The van der Waals surface area contributed by atoms with Gasteiger partial charge in [-0.05, 0) is 43.9 Å². The molecule has 11 heteroatoms. The maximum atomic E-state index is 13.4. The molecule has 1 aromatic carbocycles. The normalized spacial score (nSPS) is 27.7. The van der Waals surface area contributed by atoms with Crippen LogP contribution in [0.5, 0.6) is 0 Å². The van der Waals surface area contributed by atoms with Crippen molar-refractivity contribution in [3.8, 4) is 0 Å². The number of halogens is 3. The highest BCUT2D eigenvalue weighted by Crippen LogP contribution is 2.15. The molecule has 0 spiro atoms. The topological polar surface area (TPSA) is 107 Å². The van der Waals surface area contributed by atoms with Crippen molar-refractivity contribution in [1.82, 2.24) is 21.4 Å². The minimum atomic E-state index is -1.55. The second kappa shape index (κ2) is 9.53. The lowest BCUT2D eigenvalue weighted by molar-refractivity contribution is -0.131. The van der Waals surface area contributed by atoms with Crippen LogP contribution in [0.3, 0.4) is 0 Å². The van der Waals surface area contributed by atoms with Crippen LogP contribution in [-0.2, 0) is 16.2 Å². The van der Waals surface area contributed by atoms with E-state index in [2.05, 4.69) is 26.4 Å². The largest absolute Gasteiger partial charge is 0.379 e. The fraction of sp³-hybridized carbons (Fsp3) is 0.556. The summed E-state index contributed by atoms with van der Waals surface area (Å²) in [4.78, 5) is 21.8. The Morgan fingerprint density at radius 2 is 2.03 bits per heavy atom. The molecule has 2 saturated heterocycles. The smallest absolute Gasteiger partial charge is 0.257 e. The molecular formula is C18H24F3N5O3. The molecule has 4 unspecified atom stereocenters. The first-order valence-corrected chi connectivity index (χ1v) is 9.42. The summed E-state index contributed by atoms with van der Waals surface area (Å²) < 4.78 is 40.0. The van der Waals surface area contributed by atoms with E-state index in [0.29, 0.717) is 19.3 Å². The molecule has 2 aliphatic rings. The summed E-state index contributed by atoms with van der Waals surface area (Å²) in [7, 11) is 0. The number of aliphatic imine (C=N–C) groups is 1. The summed E-state index contributed by atoms with van der Waals surface area (Å²) in [6, 6.07) is 1.70. The first-order valence-electron chi connectivity index (χ1n) is 9.42. The van der Waals surface area contributed by atoms with E-state index in [9.17, 15) is 23.1 Å². The van der Waals surface area contributed by atoms with Crippen LogP contribution < -0.4 is 21.4 Å². The summed E-state index contributed by atoms with van der Waals surface area (Å²) in [6.07, 6.45) is 0.725. The second-order valence-electron chi connectivity index (χ2n) is 7.20. The number of nitrogens with one attached hydrogen (secondary N) is 4. The van der Waals surface area contributed by atoms with E-state index < -0.39 is 35.7 Å². The molecule has 5 N–H and O–H groups in total. The molecular weight excluding hydrogens is 391 g/mol. The predicted molar refractivity (Wildman–Crippen MR) is 97.6 cm³/mol. The molecule has 4 atom stereocenters. The van der Waals surface area contributed by atoms with Gasteiger partial charge in [0.05, 0.1) is 12.7 Å². The number of hydroxylamine groups is 1. The number of aliphatic hydroxyl groups is 1. The highest BCUT2D eigenvalue weighted by atomic mass is 19.2. The lowest BCUT2D eigenvalue weighted by Gasteiger charge is -2.29. The van der Waals surface area contributed by atoms with Crippen molar-refractivity contribution < 1.29 is 27.9 Å². The Balaban J connectivity index is 1.72. The van der Waals surface area contributed by atoms with Crippen LogP contribution >= 0.6 is 0 Å². The van der Waals surface area contributed by atoms with Crippen molar-refractivity contribution in [2.75, 3.05) is 0 Å². The zero-order chi connectivity index (χ0) is 21.0. The van der Waals surface area contributed by atoms with E-state index in [1.54, 1.807) is 0 Å². The Labute approximate surface area is 165 Å². The number of carbonyl (C=O) groups is 1. The number of benzene rings is 1. The zero-order valence-electron chi connectivity index (χ0n) is 15.8. The average molecular weight is 415 g/mol. The molecule has 29 heavy (non-hydrogen) atoms. The quantitative estimate of drug-likeness (QED) is 0.283. The average Bonchev–Trinajstić information content (AvgIpc) is 3.10. The third-order valence-corrected chi connectivity index (χ3v) is 4.65. The maximum Gasteiger partial charge on any atom is 0.257 e. The van der Waals surface area contributed by atoms with E-state index in [0.717, 1.165) is 18.6 Å². The highest BCUT2D eigenvalue weighted by molar-refractivity contribution is 5.99. The van der Waals surface area contributed by atoms with Gasteiger partial charge in [-0.1, -0.05) is 0 Å². The van der Waals surface area contributed by atoms with Crippen LogP contribution in [-0.4, -0.2) is 41.5 Å². The van der Waals surface area contributed by atoms with E-state index in [-0.39, 0.29) is 30.3 Å². The van der Waals surface area contributed by atoms with Crippen molar-refractivity contribution >= 4 is 11.9 Å². The van der Waals surface area contributed by atoms with Gasteiger partial charge in [-0.25, -0.2) is 18.2 Å². The summed E-state index contributed by atoms with van der Waals surface area (Å²) in [6.45, 7) is 1.66. The van der Waals surface area contributed by atoms with Gasteiger partial charge >= 0.3 is 0 Å². The van der Waals surface area contributed by atoms with Crippen LogP contribution in [0.2, 0.25) is 0 Å². The van der Waals surface area contributed by atoms with Crippen molar-refractivity contribution in [2.45, 2.75) is 63.7 Å². The minimum absolute atomic E-state index is 0.0134. The first-order chi connectivity index (χ1) is 13.8. The molecule has 2 aliphatic heterocycles. The molecule has 0 radical (unpaired) electrons. The SMILES string of the molecule is CC1CC(C(=O)NC(=NCc2cc(F)c(F)c(F)c2)NC2CCCC(O)N2)ON1. The van der Waals surface area contributed by atoms with E-state index >= 15 is 0 Å². The molecule has 1 aromatic rings. The number of rotatable bonds is 4. The second-order valence-corrected chi connectivity index (χ2v) is 7.20. The molecule has 2 heterocycles. The van der Waals surface area contributed by atoms with Crippen LogP contribution in [0.25, 0.3) is 0 Å². The van der Waals surface area contributed by atoms with Gasteiger partial charge in [0.1, 0.15) is 6.23 Å². The minimum Gasteiger partial charge on any atom is -0.379 e. The molecule has 0 aromatic heterocycles. The number of piperidine rings is 1. The van der Waals surface area contributed by atoms with Crippen molar-refractivity contribution in [3.05, 3.63) is 35.1 Å². The van der Waals surface area contributed by atoms with Gasteiger partial charge in [0.2, 0.25) is 0 Å². The Bertz CT molecular complexity index is 756. The van der Waals surface area contributed by atoms with Crippen molar-refractivity contribution in [2.24, 2.45) is 4.99 Å². The number of aliphatic hydroxyl groups excluding tert-OH is 1. The lowest BCUT2D eigenvalue weighted by Crippen LogP contribution is -2.56. The number of hydrogen-bond acceptors (Lipinski definition) is 6. The lowest BCUT2D eigenvalue weighted by atomic mass is 10.1. The van der Waals surface area contributed by atoms with Gasteiger partial charge in [0, 0.05) is 12.5 Å². The van der Waals surface area contributed by atoms with Crippen molar-refractivity contribution in [1.29, 1.82) is 0 Å². The molecule has 160 valence electrons. The first kappa shape index (κ1) is 21.5.